The summed E-state index contributed by atoms with van der Waals surface area (Å²) in [4.78, 5) is 27.8. The smallest absolute Gasteiger partial charge is 0.336 e. The highest BCUT2D eigenvalue weighted by Gasteiger charge is 2.38. The number of nitriles is 1. The summed E-state index contributed by atoms with van der Waals surface area (Å²) in [5, 5.41) is 9.68. The average Bonchev–Trinajstić information content (AvgIpc) is 2.75. The van der Waals surface area contributed by atoms with Crippen molar-refractivity contribution in [1.29, 1.82) is 5.26 Å². The van der Waals surface area contributed by atoms with Gasteiger partial charge in [0.1, 0.15) is 0 Å². The SMILES string of the molecule is CCOC(=O)C1=C(CC)N(Cc2cccc(C#N)c2)C(=O)C[C@H]1c1ccccc1Cl. The van der Waals surface area contributed by atoms with Gasteiger partial charge in [-0.25, -0.2) is 4.79 Å². The first-order valence-corrected chi connectivity index (χ1v) is 10.3. The highest BCUT2D eigenvalue weighted by molar-refractivity contribution is 6.31. The van der Waals surface area contributed by atoms with Gasteiger partial charge in [-0.05, 0) is 42.7 Å². The second-order valence-corrected chi connectivity index (χ2v) is 7.41. The molecule has 0 spiro atoms. The molecular formula is C24H23ClN2O3. The lowest BCUT2D eigenvalue weighted by Crippen LogP contribution is -2.39. The van der Waals surface area contributed by atoms with Gasteiger partial charge in [0.2, 0.25) is 5.91 Å². The molecule has 0 fully saturated rings. The Hall–Kier alpha value is -3.10. The van der Waals surface area contributed by atoms with Gasteiger partial charge in [0, 0.05) is 23.1 Å². The van der Waals surface area contributed by atoms with Crippen LogP contribution >= 0.6 is 11.6 Å². The van der Waals surface area contributed by atoms with Crippen LogP contribution in [0.15, 0.2) is 59.8 Å². The molecule has 0 saturated heterocycles. The zero-order valence-electron chi connectivity index (χ0n) is 17.0. The topological polar surface area (TPSA) is 70.4 Å². The number of hydrogen-bond donors (Lipinski definition) is 0. The first kappa shape index (κ1) is 21.6. The summed E-state index contributed by atoms with van der Waals surface area (Å²) in [6, 6.07) is 16.5. The standard InChI is InChI=1S/C24H23ClN2O3/c1-3-21-23(24(29)30-4-2)19(18-10-5-6-11-20(18)25)13-22(28)27(21)15-17-9-7-8-16(12-17)14-26/h5-12,19H,3-4,13,15H2,1-2H3/t19-/m0/s1. The van der Waals surface area contributed by atoms with Crippen molar-refractivity contribution < 1.29 is 14.3 Å². The van der Waals surface area contributed by atoms with E-state index in [1.807, 2.05) is 31.2 Å². The van der Waals surface area contributed by atoms with Gasteiger partial charge < -0.3 is 9.64 Å². The van der Waals surface area contributed by atoms with Gasteiger partial charge in [-0.15, -0.1) is 0 Å². The maximum absolute atomic E-state index is 13.2. The molecule has 30 heavy (non-hydrogen) atoms. The van der Waals surface area contributed by atoms with E-state index in [1.54, 1.807) is 36.1 Å². The van der Waals surface area contributed by atoms with Crippen molar-refractivity contribution in [3.63, 3.8) is 0 Å². The molecule has 0 bridgehead atoms. The van der Waals surface area contributed by atoms with E-state index in [1.165, 1.54) is 0 Å². The van der Waals surface area contributed by atoms with Gasteiger partial charge in [0.05, 0.1) is 30.4 Å². The van der Waals surface area contributed by atoms with Gasteiger partial charge in [-0.2, -0.15) is 5.26 Å². The molecule has 3 rings (SSSR count). The van der Waals surface area contributed by atoms with Gasteiger partial charge in [-0.3, -0.25) is 4.79 Å². The van der Waals surface area contributed by atoms with Crippen LogP contribution in [0, 0.1) is 11.3 Å². The molecule has 2 aromatic rings. The lowest BCUT2D eigenvalue weighted by molar-refractivity contribution is -0.140. The molecule has 6 heteroatoms. The van der Waals surface area contributed by atoms with Crippen molar-refractivity contribution in [2.24, 2.45) is 0 Å². The minimum absolute atomic E-state index is 0.0906. The second-order valence-electron chi connectivity index (χ2n) is 7.00. The quantitative estimate of drug-likeness (QED) is 0.617. The minimum Gasteiger partial charge on any atom is -0.463 e. The normalized spacial score (nSPS) is 16.4. The number of nitrogens with zero attached hydrogens (tertiary/aromatic N) is 2. The summed E-state index contributed by atoms with van der Waals surface area (Å²) in [6.45, 7) is 4.20. The predicted octanol–water partition coefficient (Wildman–Crippen LogP) is 4.95. The van der Waals surface area contributed by atoms with E-state index in [2.05, 4.69) is 6.07 Å². The minimum atomic E-state index is -0.457. The third-order valence-corrected chi connectivity index (χ3v) is 5.52. The molecule has 2 aromatic carbocycles. The highest BCUT2D eigenvalue weighted by Crippen LogP contribution is 2.41. The Morgan fingerprint density at radius 3 is 2.67 bits per heavy atom. The summed E-state index contributed by atoms with van der Waals surface area (Å²) in [7, 11) is 0. The molecule has 1 aliphatic rings. The number of rotatable bonds is 6. The van der Waals surface area contributed by atoms with E-state index in [9.17, 15) is 9.59 Å². The molecule has 0 aromatic heterocycles. The van der Waals surface area contributed by atoms with Gasteiger partial charge >= 0.3 is 5.97 Å². The Morgan fingerprint density at radius 2 is 2.00 bits per heavy atom. The molecule has 1 heterocycles. The Kier molecular flexibility index (Phi) is 6.91. The average molecular weight is 423 g/mol. The van der Waals surface area contributed by atoms with Gasteiger partial charge in [0.15, 0.2) is 0 Å². The van der Waals surface area contributed by atoms with Crippen molar-refractivity contribution >= 4 is 23.5 Å². The van der Waals surface area contributed by atoms with Crippen LogP contribution < -0.4 is 0 Å². The molecular weight excluding hydrogens is 400 g/mol. The molecule has 1 aliphatic heterocycles. The van der Waals surface area contributed by atoms with Crippen molar-refractivity contribution in [3.8, 4) is 6.07 Å². The Bertz CT molecular complexity index is 1040. The fraction of sp³-hybridized carbons (Fsp3) is 0.292. The van der Waals surface area contributed by atoms with E-state index in [0.717, 1.165) is 11.1 Å². The zero-order valence-corrected chi connectivity index (χ0v) is 17.8. The number of allylic oxidation sites excluding steroid dienone is 1. The lowest BCUT2D eigenvalue weighted by Gasteiger charge is -2.36. The van der Waals surface area contributed by atoms with Crippen LogP contribution in [-0.4, -0.2) is 23.4 Å². The predicted molar refractivity (Wildman–Crippen MR) is 114 cm³/mol. The van der Waals surface area contributed by atoms with Crippen LogP contribution in [0.4, 0.5) is 0 Å². The number of hydrogen-bond acceptors (Lipinski definition) is 4. The number of esters is 1. The number of benzene rings is 2. The van der Waals surface area contributed by atoms with Crippen LogP contribution in [0.3, 0.4) is 0 Å². The molecule has 5 nitrogen and oxygen atoms in total. The number of halogens is 1. The maximum atomic E-state index is 13.2. The highest BCUT2D eigenvalue weighted by atomic mass is 35.5. The lowest BCUT2D eigenvalue weighted by atomic mass is 9.82. The van der Waals surface area contributed by atoms with Crippen molar-refractivity contribution in [1.82, 2.24) is 4.90 Å². The van der Waals surface area contributed by atoms with Crippen LogP contribution in [0.5, 0.6) is 0 Å². The zero-order chi connectivity index (χ0) is 21.7. The van der Waals surface area contributed by atoms with Crippen LogP contribution in [0.2, 0.25) is 5.02 Å². The van der Waals surface area contributed by atoms with E-state index >= 15 is 0 Å². The Labute approximate surface area is 181 Å². The number of carbonyl (C=O) groups excluding carboxylic acids is 2. The van der Waals surface area contributed by atoms with Crippen molar-refractivity contribution in [2.45, 2.75) is 39.2 Å². The maximum Gasteiger partial charge on any atom is 0.336 e. The summed E-state index contributed by atoms with van der Waals surface area (Å²) in [6.07, 6.45) is 0.609. The molecule has 0 unspecified atom stereocenters. The van der Waals surface area contributed by atoms with E-state index in [4.69, 9.17) is 21.6 Å². The van der Waals surface area contributed by atoms with Gasteiger partial charge in [-0.1, -0.05) is 48.9 Å². The molecule has 0 aliphatic carbocycles. The summed E-state index contributed by atoms with van der Waals surface area (Å²) in [5.41, 5.74) is 3.21. The summed E-state index contributed by atoms with van der Waals surface area (Å²) >= 11 is 6.41. The molecule has 0 saturated carbocycles. The Morgan fingerprint density at radius 1 is 1.23 bits per heavy atom. The third kappa shape index (κ3) is 4.39. The monoisotopic (exact) mass is 422 g/mol. The number of ether oxygens (including phenoxy) is 1. The molecule has 154 valence electrons. The number of amides is 1. The largest absolute Gasteiger partial charge is 0.463 e. The molecule has 0 N–H and O–H groups in total. The van der Waals surface area contributed by atoms with E-state index < -0.39 is 11.9 Å². The summed E-state index contributed by atoms with van der Waals surface area (Å²) < 4.78 is 5.35. The summed E-state index contributed by atoms with van der Waals surface area (Å²) in [5.74, 6) is -0.975. The van der Waals surface area contributed by atoms with Crippen molar-refractivity contribution in [2.75, 3.05) is 6.61 Å². The molecule has 1 amide bonds. The molecule has 0 radical (unpaired) electrons. The second kappa shape index (κ2) is 9.60. The fourth-order valence-corrected chi connectivity index (χ4v) is 4.13. The van der Waals surface area contributed by atoms with Crippen LogP contribution in [0.25, 0.3) is 0 Å². The third-order valence-electron chi connectivity index (χ3n) is 5.17. The van der Waals surface area contributed by atoms with Crippen molar-refractivity contribution in [3.05, 3.63) is 81.5 Å². The fourth-order valence-electron chi connectivity index (χ4n) is 3.86. The van der Waals surface area contributed by atoms with E-state index in [-0.39, 0.29) is 25.5 Å². The Balaban J connectivity index is 2.10. The molecule has 1 atom stereocenters. The van der Waals surface area contributed by atoms with Crippen LogP contribution in [0.1, 0.15) is 49.3 Å². The van der Waals surface area contributed by atoms with Crippen LogP contribution in [-0.2, 0) is 20.9 Å². The van der Waals surface area contributed by atoms with E-state index in [0.29, 0.717) is 28.3 Å². The number of carbonyl (C=O) groups is 2. The first-order chi connectivity index (χ1) is 14.5. The first-order valence-electron chi connectivity index (χ1n) is 9.94. The van der Waals surface area contributed by atoms with Gasteiger partial charge in [0.25, 0.3) is 0 Å².